The van der Waals surface area contributed by atoms with Crippen molar-refractivity contribution in [3.63, 3.8) is 0 Å². The Labute approximate surface area is 124 Å². The van der Waals surface area contributed by atoms with Crippen LogP contribution >= 0.6 is 11.3 Å². The Balaban J connectivity index is 2.16. The third kappa shape index (κ3) is 3.54. The normalized spacial score (nSPS) is 11.9. The number of thiazole rings is 1. The summed E-state index contributed by atoms with van der Waals surface area (Å²) in [6.07, 6.45) is 1.71. The predicted octanol–water partition coefficient (Wildman–Crippen LogP) is 2.97. The SMILES string of the molecule is CC(CNc1ccc(C(=O)O)cc1[N+](=O)[O-])c1nccs1. The van der Waals surface area contributed by atoms with Gasteiger partial charge in [0.15, 0.2) is 0 Å². The highest BCUT2D eigenvalue weighted by Crippen LogP contribution is 2.27. The number of benzene rings is 1. The fourth-order valence-corrected chi connectivity index (χ4v) is 2.49. The number of nitro benzene ring substituents is 1. The molecular formula is C13H13N3O4S. The van der Waals surface area contributed by atoms with E-state index in [2.05, 4.69) is 10.3 Å². The highest BCUT2D eigenvalue weighted by atomic mass is 32.1. The summed E-state index contributed by atoms with van der Waals surface area (Å²) in [6, 6.07) is 3.81. The predicted molar refractivity (Wildman–Crippen MR) is 79.1 cm³/mol. The van der Waals surface area contributed by atoms with Gasteiger partial charge in [-0.1, -0.05) is 6.92 Å². The van der Waals surface area contributed by atoms with E-state index in [1.165, 1.54) is 23.5 Å². The average Bonchev–Trinajstić information content (AvgIpc) is 2.98. The van der Waals surface area contributed by atoms with Crippen molar-refractivity contribution in [2.45, 2.75) is 12.8 Å². The standard InChI is InChI=1S/C13H13N3O4S/c1-8(12-14-4-5-21-12)7-15-10-3-2-9(13(17)18)6-11(10)16(19)20/h2-6,8,15H,7H2,1H3,(H,17,18). The first-order valence-corrected chi connectivity index (χ1v) is 7.02. The molecule has 0 aliphatic carbocycles. The van der Waals surface area contributed by atoms with E-state index in [0.29, 0.717) is 12.2 Å². The zero-order chi connectivity index (χ0) is 15.4. The first kappa shape index (κ1) is 14.9. The molecule has 0 spiro atoms. The molecule has 0 aliphatic heterocycles. The number of carboxylic acids is 1. The maximum Gasteiger partial charge on any atom is 0.335 e. The quantitative estimate of drug-likeness (QED) is 0.628. The van der Waals surface area contributed by atoms with Crippen molar-refractivity contribution in [2.75, 3.05) is 11.9 Å². The Kier molecular flexibility index (Phi) is 4.49. The number of carboxylic acid groups (broad SMARTS) is 1. The molecule has 0 aliphatic rings. The van der Waals surface area contributed by atoms with Crippen LogP contribution in [0.25, 0.3) is 0 Å². The summed E-state index contributed by atoms with van der Waals surface area (Å²) in [5.41, 5.74) is -0.0603. The number of anilines is 1. The molecule has 2 N–H and O–H groups in total. The van der Waals surface area contributed by atoms with Crippen molar-refractivity contribution in [1.29, 1.82) is 0 Å². The van der Waals surface area contributed by atoms with Gasteiger partial charge in [-0.2, -0.15) is 0 Å². The molecule has 1 atom stereocenters. The Morgan fingerprint density at radius 2 is 2.33 bits per heavy atom. The van der Waals surface area contributed by atoms with Gasteiger partial charge in [-0.3, -0.25) is 10.1 Å². The van der Waals surface area contributed by atoms with Gasteiger partial charge in [-0.05, 0) is 12.1 Å². The number of aromatic nitrogens is 1. The number of hydrogen-bond acceptors (Lipinski definition) is 6. The number of nitrogens with zero attached hydrogens (tertiary/aromatic N) is 2. The van der Waals surface area contributed by atoms with Crippen LogP contribution in [0.4, 0.5) is 11.4 Å². The molecule has 0 saturated carbocycles. The fraction of sp³-hybridized carbons (Fsp3) is 0.231. The molecule has 0 amide bonds. The number of nitrogens with one attached hydrogen (secondary N) is 1. The minimum atomic E-state index is -1.19. The van der Waals surface area contributed by atoms with Crippen molar-refractivity contribution in [3.8, 4) is 0 Å². The molecule has 0 saturated heterocycles. The lowest BCUT2D eigenvalue weighted by atomic mass is 10.1. The first-order valence-electron chi connectivity index (χ1n) is 6.14. The third-order valence-electron chi connectivity index (χ3n) is 2.91. The molecule has 2 aromatic rings. The van der Waals surface area contributed by atoms with Gasteiger partial charge in [0.2, 0.25) is 0 Å². The van der Waals surface area contributed by atoms with Crippen LogP contribution in [0.5, 0.6) is 0 Å². The van der Waals surface area contributed by atoms with Crippen LogP contribution in [0.1, 0.15) is 28.2 Å². The molecular weight excluding hydrogens is 294 g/mol. The van der Waals surface area contributed by atoms with Crippen LogP contribution in [-0.4, -0.2) is 27.5 Å². The number of hydrogen-bond donors (Lipinski definition) is 2. The van der Waals surface area contributed by atoms with E-state index in [1.54, 1.807) is 6.20 Å². The van der Waals surface area contributed by atoms with Gasteiger partial charge < -0.3 is 10.4 Å². The van der Waals surface area contributed by atoms with E-state index < -0.39 is 10.9 Å². The van der Waals surface area contributed by atoms with Crippen LogP contribution in [0.15, 0.2) is 29.8 Å². The number of nitro groups is 1. The molecule has 1 unspecified atom stereocenters. The summed E-state index contributed by atoms with van der Waals surface area (Å²) in [4.78, 5) is 25.5. The fourth-order valence-electron chi connectivity index (χ4n) is 1.79. The number of carbonyl (C=O) groups is 1. The third-order valence-corrected chi connectivity index (χ3v) is 3.92. The number of aromatic carboxylic acids is 1. The van der Waals surface area contributed by atoms with Crippen LogP contribution < -0.4 is 5.32 Å². The van der Waals surface area contributed by atoms with Gasteiger partial charge in [0, 0.05) is 30.1 Å². The maximum absolute atomic E-state index is 11.0. The molecule has 0 radical (unpaired) electrons. The van der Waals surface area contributed by atoms with Crippen molar-refractivity contribution in [2.24, 2.45) is 0 Å². The maximum atomic E-state index is 11.0. The van der Waals surface area contributed by atoms with Crippen molar-refractivity contribution < 1.29 is 14.8 Å². The molecule has 2 rings (SSSR count). The highest BCUT2D eigenvalue weighted by Gasteiger charge is 2.18. The minimum Gasteiger partial charge on any atom is -0.478 e. The lowest BCUT2D eigenvalue weighted by molar-refractivity contribution is -0.384. The first-order chi connectivity index (χ1) is 9.99. The van der Waals surface area contributed by atoms with E-state index in [9.17, 15) is 14.9 Å². The van der Waals surface area contributed by atoms with E-state index in [-0.39, 0.29) is 17.2 Å². The lowest BCUT2D eigenvalue weighted by Crippen LogP contribution is -2.11. The van der Waals surface area contributed by atoms with Gasteiger partial charge in [0.25, 0.3) is 5.69 Å². The van der Waals surface area contributed by atoms with E-state index in [0.717, 1.165) is 11.1 Å². The minimum absolute atomic E-state index is 0.101. The molecule has 1 aromatic heterocycles. The zero-order valence-corrected chi connectivity index (χ0v) is 12.0. The van der Waals surface area contributed by atoms with Crippen LogP contribution in [-0.2, 0) is 0 Å². The number of rotatable bonds is 6. The average molecular weight is 307 g/mol. The van der Waals surface area contributed by atoms with E-state index >= 15 is 0 Å². The molecule has 1 heterocycles. The summed E-state index contributed by atoms with van der Waals surface area (Å²) in [5, 5.41) is 25.7. The van der Waals surface area contributed by atoms with Crippen LogP contribution in [0.2, 0.25) is 0 Å². The summed E-state index contributed by atoms with van der Waals surface area (Å²) >= 11 is 1.52. The molecule has 8 heteroatoms. The van der Waals surface area contributed by atoms with Crippen LogP contribution in [0.3, 0.4) is 0 Å². The largest absolute Gasteiger partial charge is 0.478 e. The molecule has 7 nitrogen and oxygen atoms in total. The summed E-state index contributed by atoms with van der Waals surface area (Å²) in [7, 11) is 0. The van der Waals surface area contributed by atoms with Gasteiger partial charge in [0.05, 0.1) is 15.5 Å². The molecule has 0 bridgehead atoms. The van der Waals surface area contributed by atoms with Gasteiger partial charge in [0.1, 0.15) is 5.69 Å². The second-order valence-corrected chi connectivity index (χ2v) is 5.37. The van der Waals surface area contributed by atoms with Gasteiger partial charge in [-0.15, -0.1) is 11.3 Å². The summed E-state index contributed by atoms with van der Waals surface area (Å²) in [5.74, 6) is -1.09. The Morgan fingerprint density at radius 1 is 1.57 bits per heavy atom. The topological polar surface area (TPSA) is 105 Å². The van der Waals surface area contributed by atoms with Crippen molar-refractivity contribution >= 4 is 28.7 Å². The monoisotopic (exact) mass is 307 g/mol. The second-order valence-electron chi connectivity index (χ2n) is 4.45. The van der Waals surface area contributed by atoms with Crippen molar-refractivity contribution in [1.82, 2.24) is 4.98 Å². The highest BCUT2D eigenvalue weighted by molar-refractivity contribution is 7.09. The Morgan fingerprint density at radius 3 is 2.90 bits per heavy atom. The van der Waals surface area contributed by atoms with Crippen LogP contribution in [0, 0.1) is 10.1 Å². The van der Waals surface area contributed by atoms with Crippen molar-refractivity contribution in [3.05, 3.63) is 50.5 Å². The Bertz CT molecular complexity index is 657. The molecule has 1 aromatic carbocycles. The van der Waals surface area contributed by atoms with E-state index in [1.807, 2.05) is 12.3 Å². The molecule has 21 heavy (non-hydrogen) atoms. The lowest BCUT2D eigenvalue weighted by Gasteiger charge is -2.11. The van der Waals surface area contributed by atoms with Gasteiger partial charge in [-0.25, -0.2) is 9.78 Å². The molecule has 0 fully saturated rings. The zero-order valence-electron chi connectivity index (χ0n) is 11.1. The second kappa shape index (κ2) is 6.31. The Hall–Kier alpha value is -2.48. The van der Waals surface area contributed by atoms with E-state index in [4.69, 9.17) is 5.11 Å². The smallest absolute Gasteiger partial charge is 0.335 e. The van der Waals surface area contributed by atoms with Gasteiger partial charge >= 0.3 is 5.97 Å². The summed E-state index contributed by atoms with van der Waals surface area (Å²) < 4.78 is 0. The molecule has 110 valence electrons. The summed E-state index contributed by atoms with van der Waals surface area (Å²) in [6.45, 7) is 2.43.